The molecular formula is C28H23F4N3O3S. The van der Waals surface area contributed by atoms with Crippen molar-refractivity contribution in [3.63, 3.8) is 0 Å². The summed E-state index contributed by atoms with van der Waals surface area (Å²) in [7, 11) is -3.85. The number of benzene rings is 3. The van der Waals surface area contributed by atoms with Crippen molar-refractivity contribution in [1.29, 1.82) is 0 Å². The Hall–Kier alpha value is -3.99. The Morgan fingerprint density at radius 3 is 2.31 bits per heavy atom. The van der Waals surface area contributed by atoms with Crippen molar-refractivity contribution in [3.05, 3.63) is 95.9 Å². The van der Waals surface area contributed by atoms with Gasteiger partial charge in [-0.3, -0.25) is 9.78 Å². The second-order valence-corrected chi connectivity index (χ2v) is 11.5. The van der Waals surface area contributed by atoms with Gasteiger partial charge in [0.25, 0.3) is 5.91 Å². The lowest BCUT2D eigenvalue weighted by Gasteiger charge is -2.32. The lowest BCUT2D eigenvalue weighted by atomic mass is 10.1. The number of hydrogen-bond donors (Lipinski definition) is 1. The molecule has 1 N–H and O–H groups in total. The zero-order chi connectivity index (χ0) is 27.8. The number of piperidine rings is 1. The van der Waals surface area contributed by atoms with Crippen LogP contribution in [0.1, 0.15) is 28.8 Å². The van der Waals surface area contributed by atoms with Gasteiger partial charge in [0.05, 0.1) is 16.3 Å². The first kappa shape index (κ1) is 26.6. The summed E-state index contributed by atoms with van der Waals surface area (Å²) in [5.74, 6) is -1.03. The van der Waals surface area contributed by atoms with Gasteiger partial charge in [-0.05, 0) is 67.4 Å². The minimum atomic E-state index is -4.47. The van der Waals surface area contributed by atoms with Gasteiger partial charge in [0.2, 0.25) is 0 Å². The molecule has 0 radical (unpaired) electrons. The van der Waals surface area contributed by atoms with Gasteiger partial charge in [-0.2, -0.15) is 13.2 Å². The van der Waals surface area contributed by atoms with Crippen LogP contribution in [0.15, 0.2) is 83.9 Å². The summed E-state index contributed by atoms with van der Waals surface area (Å²) in [5.41, 5.74) is 1.00. The van der Waals surface area contributed by atoms with E-state index in [2.05, 4.69) is 10.3 Å². The molecule has 1 aliphatic rings. The van der Waals surface area contributed by atoms with Crippen molar-refractivity contribution in [3.8, 4) is 0 Å². The van der Waals surface area contributed by atoms with Crippen molar-refractivity contribution >= 4 is 38.0 Å². The van der Waals surface area contributed by atoms with Crippen LogP contribution in [0.5, 0.6) is 0 Å². The number of nitrogens with one attached hydrogen (secondary N) is 1. The Kier molecular flexibility index (Phi) is 7.02. The van der Waals surface area contributed by atoms with Gasteiger partial charge in [0, 0.05) is 41.6 Å². The van der Waals surface area contributed by atoms with Crippen molar-refractivity contribution in [1.82, 2.24) is 9.88 Å². The van der Waals surface area contributed by atoms with E-state index in [4.69, 9.17) is 0 Å². The largest absolute Gasteiger partial charge is 0.416 e. The zero-order valence-electron chi connectivity index (χ0n) is 20.5. The number of hydrogen-bond acceptors (Lipinski definition) is 5. The average molecular weight is 558 g/mol. The quantitative estimate of drug-likeness (QED) is 0.295. The monoisotopic (exact) mass is 557 g/mol. The fourth-order valence-electron chi connectivity index (χ4n) is 4.69. The average Bonchev–Trinajstić information content (AvgIpc) is 2.93. The SMILES string of the molecule is O=C(c1ccc(Nc2ccnc3cc(C(F)(F)F)ccc23)cc1)N1CCC(S(=O)(=O)c2ccccc2F)CC1. The summed E-state index contributed by atoms with van der Waals surface area (Å²) < 4.78 is 79.0. The fourth-order valence-corrected chi connectivity index (χ4v) is 6.49. The second kappa shape index (κ2) is 10.3. The summed E-state index contributed by atoms with van der Waals surface area (Å²) >= 11 is 0. The van der Waals surface area contributed by atoms with Gasteiger partial charge in [0.1, 0.15) is 10.7 Å². The van der Waals surface area contributed by atoms with Crippen molar-refractivity contribution in [2.45, 2.75) is 29.2 Å². The third-order valence-corrected chi connectivity index (χ3v) is 9.09. The summed E-state index contributed by atoms with van der Waals surface area (Å²) in [6, 6.07) is 16.9. The summed E-state index contributed by atoms with van der Waals surface area (Å²) in [6.07, 6.45) is -2.65. The second-order valence-electron chi connectivity index (χ2n) is 9.26. The van der Waals surface area contributed by atoms with E-state index in [0.29, 0.717) is 22.3 Å². The first-order valence-corrected chi connectivity index (χ1v) is 13.7. The highest BCUT2D eigenvalue weighted by atomic mass is 32.2. The van der Waals surface area contributed by atoms with E-state index in [0.717, 1.165) is 18.2 Å². The molecule has 1 amide bonds. The first-order chi connectivity index (χ1) is 18.5. The van der Waals surface area contributed by atoms with Gasteiger partial charge < -0.3 is 10.2 Å². The maximum atomic E-state index is 14.1. The van der Waals surface area contributed by atoms with Crippen molar-refractivity contribution in [2.75, 3.05) is 18.4 Å². The number of pyridine rings is 1. The standard InChI is InChI=1S/C28H23F4N3O3S/c29-23-3-1-2-4-26(23)39(37,38)21-12-15-35(16-13-21)27(36)18-5-8-20(9-6-18)34-24-11-14-33-25-17-19(28(30,31)32)7-10-22(24)25/h1-11,14,17,21H,12-13,15-16H2,(H,33,34). The molecule has 6 nitrogen and oxygen atoms in total. The number of carbonyl (C=O) groups is 1. The van der Waals surface area contributed by atoms with Crippen LogP contribution in [0.4, 0.5) is 28.9 Å². The number of sulfone groups is 1. The lowest BCUT2D eigenvalue weighted by molar-refractivity contribution is -0.137. The minimum Gasteiger partial charge on any atom is -0.355 e. The Balaban J connectivity index is 1.25. The lowest BCUT2D eigenvalue weighted by Crippen LogP contribution is -2.42. The predicted molar refractivity (Wildman–Crippen MR) is 139 cm³/mol. The molecule has 39 heavy (non-hydrogen) atoms. The highest BCUT2D eigenvalue weighted by Crippen LogP contribution is 2.33. The van der Waals surface area contributed by atoms with Crippen LogP contribution in [-0.4, -0.2) is 42.5 Å². The number of carbonyl (C=O) groups excluding carboxylic acids is 1. The Morgan fingerprint density at radius 1 is 0.949 bits per heavy atom. The molecule has 0 aliphatic carbocycles. The molecule has 1 saturated heterocycles. The summed E-state index contributed by atoms with van der Waals surface area (Å²) in [6.45, 7) is 0.445. The van der Waals surface area contributed by atoms with Gasteiger partial charge in [-0.1, -0.05) is 18.2 Å². The van der Waals surface area contributed by atoms with Gasteiger partial charge in [-0.15, -0.1) is 0 Å². The van der Waals surface area contributed by atoms with Crippen molar-refractivity contribution in [2.24, 2.45) is 0 Å². The van der Waals surface area contributed by atoms with E-state index >= 15 is 0 Å². The molecule has 0 spiro atoms. The highest BCUT2D eigenvalue weighted by molar-refractivity contribution is 7.92. The van der Waals surface area contributed by atoms with Gasteiger partial charge in [0.15, 0.2) is 9.84 Å². The van der Waals surface area contributed by atoms with E-state index in [-0.39, 0.29) is 42.3 Å². The molecule has 0 bridgehead atoms. The highest BCUT2D eigenvalue weighted by Gasteiger charge is 2.34. The number of fused-ring (bicyclic) bond motifs is 1. The third-order valence-electron chi connectivity index (χ3n) is 6.79. The number of amides is 1. The number of likely N-dealkylation sites (tertiary alicyclic amines) is 1. The number of anilines is 2. The fraction of sp³-hybridized carbons (Fsp3) is 0.214. The molecule has 1 aliphatic heterocycles. The van der Waals surface area contributed by atoms with E-state index in [1.807, 2.05) is 0 Å². The molecule has 1 fully saturated rings. The maximum Gasteiger partial charge on any atom is 0.416 e. The van der Waals surface area contributed by atoms with E-state index < -0.39 is 32.6 Å². The Morgan fingerprint density at radius 2 is 1.64 bits per heavy atom. The number of alkyl halides is 3. The molecule has 0 unspecified atom stereocenters. The molecule has 3 aromatic carbocycles. The molecule has 5 rings (SSSR count). The van der Waals surface area contributed by atoms with Crippen LogP contribution < -0.4 is 5.32 Å². The molecule has 11 heteroatoms. The smallest absolute Gasteiger partial charge is 0.355 e. The maximum absolute atomic E-state index is 14.1. The van der Waals surface area contributed by atoms with Crippen LogP contribution in [0.25, 0.3) is 10.9 Å². The van der Waals surface area contributed by atoms with Crippen LogP contribution in [0, 0.1) is 5.82 Å². The van der Waals surface area contributed by atoms with E-state index in [1.54, 1.807) is 35.2 Å². The zero-order valence-corrected chi connectivity index (χ0v) is 21.3. The Bertz CT molecular complexity index is 1630. The van der Waals surface area contributed by atoms with Crippen LogP contribution in [-0.2, 0) is 16.0 Å². The topological polar surface area (TPSA) is 79.4 Å². The van der Waals surface area contributed by atoms with Crippen LogP contribution >= 0.6 is 0 Å². The van der Waals surface area contributed by atoms with Crippen LogP contribution in [0.3, 0.4) is 0 Å². The Labute approximate surface area is 222 Å². The summed E-state index contributed by atoms with van der Waals surface area (Å²) in [5, 5.41) is 2.89. The first-order valence-electron chi connectivity index (χ1n) is 12.1. The molecule has 0 saturated carbocycles. The number of aromatic nitrogens is 1. The number of rotatable bonds is 5. The van der Waals surface area contributed by atoms with E-state index in [1.165, 1.54) is 30.5 Å². The van der Waals surface area contributed by atoms with Gasteiger partial charge in [-0.25, -0.2) is 12.8 Å². The number of nitrogens with zero attached hydrogens (tertiary/aromatic N) is 2. The molecular weight excluding hydrogens is 534 g/mol. The van der Waals surface area contributed by atoms with Gasteiger partial charge >= 0.3 is 6.18 Å². The molecule has 1 aromatic heterocycles. The molecule has 202 valence electrons. The van der Waals surface area contributed by atoms with Crippen LogP contribution in [0.2, 0.25) is 0 Å². The predicted octanol–water partition coefficient (Wildman–Crippen LogP) is 6.21. The normalized spacial score (nSPS) is 14.9. The van der Waals surface area contributed by atoms with E-state index in [9.17, 15) is 30.8 Å². The minimum absolute atomic E-state index is 0.196. The summed E-state index contributed by atoms with van der Waals surface area (Å²) in [4.78, 5) is 18.3. The molecule has 4 aromatic rings. The molecule has 0 atom stereocenters. The third kappa shape index (κ3) is 5.44. The molecule has 2 heterocycles. The van der Waals surface area contributed by atoms with Crippen molar-refractivity contribution < 1.29 is 30.8 Å². The number of halogens is 4.